The zero-order valence-corrected chi connectivity index (χ0v) is 6.46. The smallest absolute Gasteiger partial charge is 0.322 e. The van der Waals surface area contributed by atoms with Crippen LogP contribution < -0.4 is 5.32 Å². The second-order valence-corrected chi connectivity index (χ2v) is 2.02. The predicted octanol–water partition coefficient (Wildman–Crippen LogP) is -0.778. The van der Waals surface area contributed by atoms with E-state index in [1.54, 1.807) is 0 Å². The van der Waals surface area contributed by atoms with E-state index in [1.165, 1.54) is 14.0 Å². The maximum atomic E-state index is 10.6. The van der Waals surface area contributed by atoms with Crippen LogP contribution in [0.1, 0.15) is 6.92 Å². The first-order valence-electron chi connectivity index (χ1n) is 3.11. The highest BCUT2D eigenvalue weighted by Crippen LogP contribution is 1.83. The van der Waals surface area contributed by atoms with E-state index < -0.39 is 18.0 Å². The third-order valence-corrected chi connectivity index (χ3v) is 1.11. The molecule has 0 aliphatic heterocycles. The molecule has 0 rings (SSSR count). The highest BCUT2D eigenvalue weighted by Gasteiger charge is 2.12. The lowest BCUT2D eigenvalue weighted by Gasteiger charge is -2.08. The minimum absolute atomic E-state index is 0.240. The Morgan fingerprint density at radius 3 is 2.55 bits per heavy atom. The molecule has 2 N–H and O–H groups in total. The van der Waals surface area contributed by atoms with Crippen molar-refractivity contribution in [2.75, 3.05) is 13.7 Å². The average Bonchev–Trinajstić information content (AvgIpc) is 1.98. The number of carbonyl (C=O) groups is 2. The van der Waals surface area contributed by atoms with Gasteiger partial charge in [0.2, 0.25) is 0 Å². The molecule has 5 nitrogen and oxygen atoms in total. The number of rotatable bonds is 4. The quantitative estimate of drug-likeness (QED) is 0.529. The van der Waals surface area contributed by atoms with E-state index in [9.17, 15) is 9.59 Å². The molecule has 0 aliphatic rings. The lowest BCUT2D eigenvalue weighted by atomic mass is 10.3. The molecule has 0 aromatic carbocycles. The Morgan fingerprint density at radius 2 is 2.18 bits per heavy atom. The van der Waals surface area contributed by atoms with Crippen LogP contribution in [0.4, 0.5) is 0 Å². The van der Waals surface area contributed by atoms with E-state index in [-0.39, 0.29) is 6.54 Å². The number of carboxylic acid groups (broad SMARTS) is 1. The van der Waals surface area contributed by atoms with Crippen LogP contribution in [0.25, 0.3) is 0 Å². The van der Waals surface area contributed by atoms with Gasteiger partial charge < -0.3 is 9.84 Å². The van der Waals surface area contributed by atoms with Crippen molar-refractivity contribution in [3.05, 3.63) is 0 Å². The van der Waals surface area contributed by atoms with Gasteiger partial charge in [-0.15, -0.1) is 0 Å². The first kappa shape index (κ1) is 9.90. The maximum Gasteiger partial charge on any atom is 0.322 e. The molecular formula is C6H11NO4. The molecular weight excluding hydrogens is 150 g/mol. The second-order valence-electron chi connectivity index (χ2n) is 2.02. The molecule has 0 bridgehead atoms. The van der Waals surface area contributed by atoms with Crippen LogP contribution in [0.15, 0.2) is 0 Å². The van der Waals surface area contributed by atoms with Gasteiger partial charge in [0.1, 0.15) is 6.04 Å². The monoisotopic (exact) mass is 161 g/mol. The van der Waals surface area contributed by atoms with Crippen LogP contribution in [0.3, 0.4) is 0 Å². The van der Waals surface area contributed by atoms with Crippen molar-refractivity contribution in [1.82, 2.24) is 5.32 Å². The van der Waals surface area contributed by atoms with Crippen molar-refractivity contribution in [1.29, 1.82) is 0 Å². The van der Waals surface area contributed by atoms with Gasteiger partial charge in [0.25, 0.3) is 0 Å². The van der Waals surface area contributed by atoms with Crippen molar-refractivity contribution in [2.45, 2.75) is 13.0 Å². The first-order chi connectivity index (χ1) is 5.07. The van der Waals surface area contributed by atoms with Crippen molar-refractivity contribution >= 4 is 11.9 Å². The second kappa shape index (κ2) is 4.68. The lowest BCUT2D eigenvalue weighted by molar-refractivity contribution is -0.143. The molecule has 5 heteroatoms. The summed E-state index contributed by atoms with van der Waals surface area (Å²) in [6.07, 6.45) is 0. The Balaban J connectivity index is 3.60. The number of carbonyl (C=O) groups excluding carboxylic acids is 1. The number of aliphatic carboxylic acids is 1. The highest BCUT2D eigenvalue weighted by atomic mass is 16.5. The van der Waals surface area contributed by atoms with Crippen LogP contribution in [0, 0.1) is 0 Å². The van der Waals surface area contributed by atoms with Gasteiger partial charge in [0, 0.05) is 0 Å². The van der Waals surface area contributed by atoms with Crippen molar-refractivity contribution < 1.29 is 19.4 Å². The summed E-state index contributed by atoms with van der Waals surface area (Å²) in [6.45, 7) is 1.30. The minimum atomic E-state index is -0.999. The molecule has 1 atom stereocenters. The van der Waals surface area contributed by atoms with E-state index >= 15 is 0 Å². The molecule has 0 aromatic rings. The van der Waals surface area contributed by atoms with Gasteiger partial charge in [0.15, 0.2) is 0 Å². The predicted molar refractivity (Wildman–Crippen MR) is 37.1 cm³/mol. The highest BCUT2D eigenvalue weighted by molar-refractivity contribution is 5.76. The number of ether oxygens (including phenoxy) is 1. The molecule has 0 heterocycles. The summed E-state index contributed by atoms with van der Waals surface area (Å²) in [5.74, 6) is -1.47. The summed E-state index contributed by atoms with van der Waals surface area (Å²) < 4.78 is 4.35. The summed E-state index contributed by atoms with van der Waals surface area (Å²) in [4.78, 5) is 20.6. The van der Waals surface area contributed by atoms with Crippen LogP contribution in [-0.2, 0) is 14.3 Å². The summed E-state index contributed by atoms with van der Waals surface area (Å²) in [6, 6.07) is -0.573. The molecule has 64 valence electrons. The Morgan fingerprint density at radius 1 is 1.64 bits per heavy atom. The van der Waals surface area contributed by atoms with Crippen molar-refractivity contribution in [2.24, 2.45) is 0 Å². The maximum absolute atomic E-state index is 10.6. The number of nitrogens with one attached hydrogen (secondary N) is 1. The van der Waals surface area contributed by atoms with Gasteiger partial charge in [-0.2, -0.15) is 0 Å². The van der Waals surface area contributed by atoms with E-state index in [4.69, 9.17) is 5.11 Å². The summed E-state index contributed by atoms with van der Waals surface area (Å²) in [7, 11) is 1.25. The van der Waals surface area contributed by atoms with Gasteiger partial charge in [-0.05, 0) is 6.92 Å². The zero-order chi connectivity index (χ0) is 8.85. The van der Waals surface area contributed by atoms with Gasteiger partial charge in [-0.1, -0.05) is 0 Å². The molecule has 0 aromatic heterocycles. The topological polar surface area (TPSA) is 75.6 Å². The molecule has 0 radical (unpaired) electrons. The fraction of sp³-hybridized carbons (Fsp3) is 0.667. The number of carboxylic acids is 1. The Kier molecular flexibility index (Phi) is 4.21. The normalized spacial score (nSPS) is 12.2. The van der Waals surface area contributed by atoms with Gasteiger partial charge in [-0.3, -0.25) is 14.9 Å². The number of esters is 1. The molecule has 0 aliphatic carbocycles. The molecule has 0 amide bonds. The number of methoxy groups -OCH3 is 1. The number of hydrogen-bond acceptors (Lipinski definition) is 4. The van der Waals surface area contributed by atoms with E-state index in [1.807, 2.05) is 0 Å². The van der Waals surface area contributed by atoms with Crippen LogP contribution >= 0.6 is 0 Å². The summed E-state index contributed by atoms with van der Waals surface area (Å²) >= 11 is 0. The summed E-state index contributed by atoms with van der Waals surface area (Å²) in [5.41, 5.74) is 0. The SMILES string of the molecule is COC(=O)C(C)NCC(=O)O. The largest absolute Gasteiger partial charge is 0.480 e. The van der Waals surface area contributed by atoms with Crippen molar-refractivity contribution in [3.63, 3.8) is 0 Å². The third-order valence-electron chi connectivity index (χ3n) is 1.11. The van der Waals surface area contributed by atoms with Gasteiger partial charge in [-0.25, -0.2) is 0 Å². The lowest BCUT2D eigenvalue weighted by Crippen LogP contribution is -2.37. The van der Waals surface area contributed by atoms with E-state index in [0.717, 1.165) is 0 Å². The first-order valence-corrected chi connectivity index (χ1v) is 3.11. The molecule has 0 spiro atoms. The Bertz CT molecular complexity index is 157. The summed E-state index contributed by atoms with van der Waals surface area (Å²) in [5, 5.41) is 10.7. The molecule has 0 fully saturated rings. The minimum Gasteiger partial charge on any atom is -0.480 e. The molecule has 0 saturated heterocycles. The fourth-order valence-corrected chi connectivity index (χ4v) is 0.501. The molecule has 0 saturated carbocycles. The molecule has 1 unspecified atom stereocenters. The van der Waals surface area contributed by atoms with Crippen LogP contribution in [-0.4, -0.2) is 36.7 Å². The Hall–Kier alpha value is -1.10. The average molecular weight is 161 g/mol. The fourth-order valence-electron chi connectivity index (χ4n) is 0.501. The van der Waals surface area contributed by atoms with Gasteiger partial charge in [0.05, 0.1) is 13.7 Å². The van der Waals surface area contributed by atoms with Gasteiger partial charge >= 0.3 is 11.9 Å². The van der Waals surface area contributed by atoms with E-state index in [0.29, 0.717) is 0 Å². The third kappa shape index (κ3) is 4.32. The zero-order valence-electron chi connectivity index (χ0n) is 6.46. The van der Waals surface area contributed by atoms with Crippen LogP contribution in [0.2, 0.25) is 0 Å². The van der Waals surface area contributed by atoms with Crippen molar-refractivity contribution in [3.8, 4) is 0 Å². The van der Waals surface area contributed by atoms with Crippen LogP contribution in [0.5, 0.6) is 0 Å². The Labute approximate surface area is 64.3 Å². The number of hydrogen-bond donors (Lipinski definition) is 2. The van der Waals surface area contributed by atoms with E-state index in [2.05, 4.69) is 10.1 Å². The molecule has 11 heavy (non-hydrogen) atoms. The standard InChI is InChI=1S/C6H11NO4/c1-4(6(10)11-2)7-3-5(8)9/h4,7H,3H2,1-2H3,(H,8,9).